The van der Waals surface area contributed by atoms with Crippen LogP contribution in [0.25, 0.3) is 0 Å². The lowest BCUT2D eigenvalue weighted by molar-refractivity contribution is 0.619. The van der Waals surface area contributed by atoms with Crippen LogP contribution >= 0.6 is 0 Å². The maximum absolute atomic E-state index is 12.7. The van der Waals surface area contributed by atoms with Crippen LogP contribution in [0.15, 0.2) is 12.1 Å². The smallest absolute Gasteiger partial charge is 0.128 e. The quantitative estimate of drug-likeness (QED) is 0.467. The van der Waals surface area contributed by atoms with Gasteiger partial charge in [-0.1, -0.05) is 0 Å². The number of benzene rings is 1. The predicted octanol–water partition coefficient (Wildman–Crippen LogP) is 1.71. The zero-order valence-corrected chi connectivity index (χ0v) is 6.19. The number of hydrogen-bond donors (Lipinski definition) is 2. The van der Waals surface area contributed by atoms with Gasteiger partial charge in [0.05, 0.1) is 0 Å². The van der Waals surface area contributed by atoms with Gasteiger partial charge in [-0.15, -0.1) is 0 Å². The largest absolute Gasteiger partial charge is 0.398 e. The van der Waals surface area contributed by atoms with Crippen molar-refractivity contribution in [1.82, 2.24) is 0 Å². The van der Waals surface area contributed by atoms with Gasteiger partial charge in [0.2, 0.25) is 0 Å². The molecule has 0 spiro atoms. The Morgan fingerprint density at radius 3 is 2.73 bits per heavy atom. The Balaban J connectivity index is 3.31. The van der Waals surface area contributed by atoms with Crippen LogP contribution in [0.2, 0.25) is 0 Å². The average molecular weight is 152 g/mol. The van der Waals surface area contributed by atoms with Crippen LogP contribution in [0.1, 0.15) is 11.1 Å². The highest BCUT2D eigenvalue weighted by atomic mass is 19.1. The molecule has 3 N–H and O–H groups in total. The molecule has 0 aliphatic carbocycles. The Labute approximate surface area is 64.4 Å². The fourth-order valence-electron chi connectivity index (χ4n) is 0.844. The number of hydrogen-bond acceptors (Lipinski definition) is 2. The number of nitrogen functional groups attached to an aromatic ring is 1. The van der Waals surface area contributed by atoms with E-state index in [-0.39, 0.29) is 5.82 Å². The SMILES string of the molecule is Cc1cc(C=N)c(N)cc1F. The van der Waals surface area contributed by atoms with Gasteiger partial charge in [-0.05, 0) is 24.6 Å². The summed E-state index contributed by atoms with van der Waals surface area (Å²) in [5, 5.41) is 6.92. The van der Waals surface area contributed by atoms with E-state index in [0.717, 1.165) is 6.21 Å². The standard InChI is InChI=1S/C8H9FN2/c1-5-2-6(4-10)8(11)3-7(5)9/h2-4,10H,11H2,1H3. The maximum atomic E-state index is 12.7. The lowest BCUT2D eigenvalue weighted by atomic mass is 10.1. The van der Waals surface area contributed by atoms with E-state index in [1.807, 2.05) is 0 Å². The highest BCUT2D eigenvalue weighted by Gasteiger charge is 2.01. The second-order valence-corrected chi connectivity index (χ2v) is 2.37. The van der Waals surface area contributed by atoms with E-state index < -0.39 is 0 Å². The highest BCUT2D eigenvalue weighted by Crippen LogP contribution is 2.15. The number of halogens is 1. The molecule has 1 aromatic rings. The first-order valence-corrected chi connectivity index (χ1v) is 3.21. The van der Waals surface area contributed by atoms with E-state index in [0.29, 0.717) is 16.8 Å². The molecule has 0 aromatic heterocycles. The van der Waals surface area contributed by atoms with Crippen LogP contribution in [-0.4, -0.2) is 6.21 Å². The topological polar surface area (TPSA) is 49.9 Å². The summed E-state index contributed by atoms with van der Waals surface area (Å²) in [5.41, 5.74) is 6.79. The van der Waals surface area contributed by atoms with Crippen LogP contribution in [0, 0.1) is 18.2 Å². The van der Waals surface area contributed by atoms with Gasteiger partial charge in [0, 0.05) is 17.5 Å². The van der Waals surface area contributed by atoms with Crippen molar-refractivity contribution in [3.63, 3.8) is 0 Å². The third-order valence-corrected chi connectivity index (χ3v) is 1.52. The van der Waals surface area contributed by atoms with Gasteiger partial charge in [0.1, 0.15) is 5.82 Å². The average Bonchev–Trinajstić information content (AvgIpc) is 1.97. The van der Waals surface area contributed by atoms with E-state index in [1.54, 1.807) is 13.0 Å². The van der Waals surface area contributed by atoms with E-state index >= 15 is 0 Å². The summed E-state index contributed by atoms with van der Waals surface area (Å²) < 4.78 is 12.7. The molecule has 11 heavy (non-hydrogen) atoms. The molecule has 1 rings (SSSR count). The molecule has 0 atom stereocenters. The summed E-state index contributed by atoms with van der Waals surface area (Å²) in [6.45, 7) is 1.64. The number of aryl methyl sites for hydroxylation is 1. The minimum Gasteiger partial charge on any atom is -0.398 e. The lowest BCUT2D eigenvalue weighted by Crippen LogP contribution is -1.95. The molecule has 0 radical (unpaired) electrons. The van der Waals surface area contributed by atoms with E-state index in [1.165, 1.54) is 6.07 Å². The van der Waals surface area contributed by atoms with E-state index in [4.69, 9.17) is 11.1 Å². The first-order valence-electron chi connectivity index (χ1n) is 3.21. The van der Waals surface area contributed by atoms with Crippen LogP contribution in [0.5, 0.6) is 0 Å². The zero-order chi connectivity index (χ0) is 8.43. The van der Waals surface area contributed by atoms with Crippen molar-refractivity contribution in [2.24, 2.45) is 0 Å². The first-order chi connectivity index (χ1) is 5.15. The van der Waals surface area contributed by atoms with Gasteiger partial charge in [0.15, 0.2) is 0 Å². The molecule has 0 fully saturated rings. The third-order valence-electron chi connectivity index (χ3n) is 1.52. The van der Waals surface area contributed by atoms with Crippen LogP contribution in [0.4, 0.5) is 10.1 Å². The van der Waals surface area contributed by atoms with Gasteiger partial charge in [0.25, 0.3) is 0 Å². The number of nitrogens with one attached hydrogen (secondary N) is 1. The Morgan fingerprint density at radius 2 is 2.18 bits per heavy atom. The van der Waals surface area contributed by atoms with Gasteiger partial charge >= 0.3 is 0 Å². The number of rotatable bonds is 1. The maximum Gasteiger partial charge on any atom is 0.128 e. The highest BCUT2D eigenvalue weighted by molar-refractivity contribution is 5.85. The Morgan fingerprint density at radius 1 is 1.55 bits per heavy atom. The van der Waals surface area contributed by atoms with Crippen molar-refractivity contribution in [1.29, 1.82) is 5.41 Å². The zero-order valence-electron chi connectivity index (χ0n) is 6.19. The van der Waals surface area contributed by atoms with Crippen LogP contribution in [-0.2, 0) is 0 Å². The molecule has 0 heterocycles. The minimum atomic E-state index is -0.326. The van der Waals surface area contributed by atoms with Crippen LogP contribution in [0.3, 0.4) is 0 Å². The molecule has 1 aromatic carbocycles. The minimum absolute atomic E-state index is 0.308. The summed E-state index contributed by atoms with van der Waals surface area (Å²) in [4.78, 5) is 0. The first kappa shape index (κ1) is 7.72. The predicted molar refractivity (Wildman–Crippen MR) is 43.4 cm³/mol. The number of nitrogens with two attached hydrogens (primary N) is 1. The monoisotopic (exact) mass is 152 g/mol. The van der Waals surface area contributed by atoms with Gasteiger partial charge in [-0.25, -0.2) is 4.39 Å². The fraction of sp³-hybridized carbons (Fsp3) is 0.125. The van der Waals surface area contributed by atoms with Crippen molar-refractivity contribution in [3.8, 4) is 0 Å². The molecule has 0 aliphatic heterocycles. The molecule has 0 unspecified atom stereocenters. The normalized spacial score (nSPS) is 9.64. The molecule has 0 amide bonds. The summed E-state index contributed by atoms with van der Waals surface area (Å²) in [5.74, 6) is -0.326. The molecule has 3 heteroatoms. The van der Waals surface area contributed by atoms with E-state index in [2.05, 4.69) is 0 Å². The molecular formula is C8H9FN2. The summed E-state index contributed by atoms with van der Waals surface area (Å²) in [7, 11) is 0. The van der Waals surface area contributed by atoms with Crippen molar-refractivity contribution < 1.29 is 4.39 Å². The molecule has 0 aliphatic rings. The van der Waals surface area contributed by atoms with Crippen molar-refractivity contribution in [2.45, 2.75) is 6.92 Å². The molecule has 58 valence electrons. The van der Waals surface area contributed by atoms with Crippen molar-refractivity contribution >= 4 is 11.9 Å². The molecular weight excluding hydrogens is 143 g/mol. The van der Waals surface area contributed by atoms with Crippen LogP contribution < -0.4 is 5.73 Å². The Hall–Kier alpha value is -1.38. The summed E-state index contributed by atoms with van der Waals surface area (Å²) in [6, 6.07) is 2.79. The second-order valence-electron chi connectivity index (χ2n) is 2.37. The molecule has 0 bridgehead atoms. The molecule has 0 saturated heterocycles. The summed E-state index contributed by atoms with van der Waals surface area (Å²) in [6.07, 6.45) is 1.11. The lowest BCUT2D eigenvalue weighted by Gasteiger charge is -2.01. The molecule has 2 nitrogen and oxygen atoms in total. The third kappa shape index (κ3) is 1.37. The van der Waals surface area contributed by atoms with E-state index in [9.17, 15) is 4.39 Å². The number of anilines is 1. The van der Waals surface area contributed by atoms with Crippen molar-refractivity contribution in [3.05, 3.63) is 29.1 Å². The van der Waals surface area contributed by atoms with Gasteiger partial charge < -0.3 is 11.1 Å². The Bertz CT molecular complexity index is 294. The molecule has 0 saturated carbocycles. The second kappa shape index (κ2) is 2.70. The van der Waals surface area contributed by atoms with Gasteiger partial charge in [-0.2, -0.15) is 0 Å². The fourth-order valence-corrected chi connectivity index (χ4v) is 0.844. The van der Waals surface area contributed by atoms with Crippen molar-refractivity contribution in [2.75, 3.05) is 5.73 Å². The Kier molecular flexibility index (Phi) is 1.89. The van der Waals surface area contributed by atoms with Gasteiger partial charge in [-0.3, -0.25) is 0 Å². The summed E-state index contributed by atoms with van der Waals surface area (Å²) >= 11 is 0.